The second-order valence-electron chi connectivity index (χ2n) is 4.66. The molecule has 0 fully saturated rings. The maximum Gasteiger partial charge on any atom is 0.300 e. The molecule has 1 rings (SSSR count). The van der Waals surface area contributed by atoms with Gasteiger partial charge in [0.15, 0.2) is 0 Å². The van der Waals surface area contributed by atoms with Crippen LogP contribution in [-0.2, 0) is 31.3 Å². The van der Waals surface area contributed by atoms with E-state index in [9.17, 15) is 0 Å². The summed E-state index contributed by atoms with van der Waals surface area (Å²) >= 11 is 0. The Bertz CT molecular complexity index is 365. The van der Waals surface area contributed by atoms with E-state index < -0.39 is 11.9 Å². The van der Waals surface area contributed by atoms with Crippen LogP contribution >= 0.6 is 12.4 Å². The van der Waals surface area contributed by atoms with Crippen molar-refractivity contribution in [3.8, 4) is 0 Å². The van der Waals surface area contributed by atoms with Gasteiger partial charge in [-0.15, -0.1) is 19.3 Å². The average Bonchev–Trinajstić information content (AvgIpc) is 2.27. The van der Waals surface area contributed by atoms with E-state index >= 15 is 0 Å². The third-order valence-electron chi connectivity index (χ3n) is 2.56. The molecule has 0 aromatic carbocycles. The summed E-state index contributed by atoms with van der Waals surface area (Å²) in [7, 11) is 0. The summed E-state index contributed by atoms with van der Waals surface area (Å²) in [5.41, 5.74) is 4.39. The van der Waals surface area contributed by atoms with Crippen molar-refractivity contribution in [3.63, 3.8) is 0 Å². The molecule has 0 bridgehead atoms. The normalized spacial score (nSPS) is 14.2. The van der Waals surface area contributed by atoms with E-state index in [2.05, 4.69) is 40.7 Å². The topological polar surface area (TPSA) is 74.6 Å². The van der Waals surface area contributed by atoms with Gasteiger partial charge in [-0.05, 0) is 0 Å². The van der Waals surface area contributed by atoms with Crippen LogP contribution in [-0.4, -0.2) is 22.2 Å². The minimum Gasteiger partial charge on any atom is -0.481 e. The van der Waals surface area contributed by atoms with Crippen LogP contribution in [0.25, 0.3) is 0 Å². The zero-order chi connectivity index (χ0) is 15.1. The molecule has 0 aromatic heterocycles. The Balaban J connectivity index is -0.000000110. The van der Waals surface area contributed by atoms with E-state index in [1.807, 2.05) is 0 Å². The maximum absolute atomic E-state index is 9.00. The molecule has 0 heterocycles. The molecule has 20 heavy (non-hydrogen) atoms. The van der Waals surface area contributed by atoms with Gasteiger partial charge in [0.2, 0.25) is 0 Å². The minimum atomic E-state index is -0.833. The van der Waals surface area contributed by atoms with E-state index in [0.29, 0.717) is 0 Å². The zero-order valence-electron chi connectivity index (χ0n) is 13.1. The monoisotopic (exact) mass is 339 g/mol. The number of allylic oxidation sites excluding steroid dienone is 4. The molecule has 6 heteroatoms. The Labute approximate surface area is 142 Å². The Morgan fingerprint density at radius 2 is 1.25 bits per heavy atom. The second kappa shape index (κ2) is 12.2. The van der Waals surface area contributed by atoms with Crippen molar-refractivity contribution in [1.82, 2.24) is 0 Å². The van der Waals surface area contributed by atoms with Gasteiger partial charge in [0, 0.05) is 35.6 Å². The van der Waals surface area contributed by atoms with Crippen LogP contribution in [0.1, 0.15) is 48.5 Å². The Hall–Kier alpha value is -0.576. The molecule has 0 aliphatic heterocycles. The van der Waals surface area contributed by atoms with Gasteiger partial charge in [0.05, 0.1) is 0 Å². The molecule has 0 atom stereocenters. The molecular formula is C14H24ClO4Ti-. The number of aliphatic carboxylic acids is 2. The quantitative estimate of drug-likeness (QED) is 0.521. The fourth-order valence-electron chi connectivity index (χ4n) is 1.41. The average molecular weight is 340 g/mol. The van der Waals surface area contributed by atoms with Gasteiger partial charge >= 0.3 is 0 Å². The fraction of sp³-hybridized carbons (Fsp3) is 0.571. The third kappa shape index (κ3) is 13.8. The van der Waals surface area contributed by atoms with Gasteiger partial charge in [0.1, 0.15) is 0 Å². The van der Waals surface area contributed by atoms with Crippen molar-refractivity contribution in [1.29, 1.82) is 0 Å². The number of hydrogen-bond donors (Lipinski definition) is 2. The molecule has 0 amide bonds. The van der Waals surface area contributed by atoms with Crippen molar-refractivity contribution in [2.75, 3.05) is 0 Å². The summed E-state index contributed by atoms with van der Waals surface area (Å²) in [6.45, 7) is 13.1. The van der Waals surface area contributed by atoms with Gasteiger partial charge in [-0.2, -0.15) is 11.1 Å². The van der Waals surface area contributed by atoms with Crippen LogP contribution in [0.4, 0.5) is 0 Å². The minimum absolute atomic E-state index is 0. The molecule has 1 aliphatic carbocycles. The first-order valence-electron chi connectivity index (χ1n) is 5.61. The molecule has 116 valence electrons. The molecule has 0 radical (unpaired) electrons. The molecular weight excluding hydrogens is 315 g/mol. The molecule has 0 unspecified atom stereocenters. The van der Waals surface area contributed by atoms with Crippen molar-refractivity contribution >= 4 is 24.3 Å². The molecule has 4 nitrogen and oxygen atoms in total. The number of carboxylic acids is 2. The van der Waals surface area contributed by atoms with Crippen molar-refractivity contribution in [2.45, 2.75) is 48.5 Å². The van der Waals surface area contributed by atoms with Crippen LogP contribution in [0, 0.1) is 11.5 Å². The van der Waals surface area contributed by atoms with E-state index in [4.69, 9.17) is 19.8 Å². The Morgan fingerprint density at radius 1 is 1.00 bits per heavy atom. The molecule has 0 aromatic rings. The standard InChI is InChI=1S/C10H15.2C2H4O2.ClH.Ti/c1-7-6-10(4,5)9(3)8(7)2;2*1-2(3)4;;/h1-5H3;2*1H3,(H,3,4);1H;/q-1;;;;. The van der Waals surface area contributed by atoms with Crippen LogP contribution in [0.2, 0.25) is 0 Å². The predicted octanol–water partition coefficient (Wildman–Crippen LogP) is 3.71. The van der Waals surface area contributed by atoms with Gasteiger partial charge in [-0.25, -0.2) is 5.57 Å². The molecule has 0 saturated heterocycles. The Morgan fingerprint density at radius 3 is 1.30 bits per heavy atom. The first-order chi connectivity index (χ1) is 7.91. The predicted molar refractivity (Wildman–Crippen MR) is 78.5 cm³/mol. The largest absolute Gasteiger partial charge is 0.481 e. The smallest absolute Gasteiger partial charge is 0.300 e. The number of rotatable bonds is 0. The first-order valence-corrected chi connectivity index (χ1v) is 5.61. The summed E-state index contributed by atoms with van der Waals surface area (Å²) in [5, 5.41) is 14.8. The fourth-order valence-corrected chi connectivity index (χ4v) is 1.41. The van der Waals surface area contributed by atoms with Crippen LogP contribution in [0.3, 0.4) is 0 Å². The molecule has 0 saturated carbocycles. The summed E-state index contributed by atoms with van der Waals surface area (Å²) in [4.78, 5) is 18.0. The van der Waals surface area contributed by atoms with Crippen molar-refractivity contribution in [2.24, 2.45) is 5.41 Å². The maximum atomic E-state index is 9.00. The summed E-state index contributed by atoms with van der Waals surface area (Å²) in [6.07, 6.45) is 3.44. The summed E-state index contributed by atoms with van der Waals surface area (Å²) in [5.74, 6) is -1.67. The van der Waals surface area contributed by atoms with E-state index in [1.54, 1.807) is 0 Å². The van der Waals surface area contributed by atoms with Gasteiger partial charge in [0.25, 0.3) is 11.9 Å². The molecule has 0 spiro atoms. The van der Waals surface area contributed by atoms with E-state index in [1.165, 1.54) is 16.7 Å². The van der Waals surface area contributed by atoms with Gasteiger partial charge < -0.3 is 10.2 Å². The van der Waals surface area contributed by atoms with E-state index in [-0.39, 0.29) is 39.5 Å². The Kier molecular flexibility index (Phi) is 16.9. The summed E-state index contributed by atoms with van der Waals surface area (Å²) in [6, 6.07) is 0. The SMILES string of the molecule is CC(=O)O.CC(=O)O.CC1=[C-]C(C)(C)C(C)=C1C.Cl.[Ti]. The van der Waals surface area contributed by atoms with Crippen LogP contribution in [0.5, 0.6) is 0 Å². The van der Waals surface area contributed by atoms with E-state index in [0.717, 1.165) is 13.8 Å². The number of halogens is 1. The third-order valence-corrected chi connectivity index (χ3v) is 2.56. The van der Waals surface area contributed by atoms with Crippen LogP contribution in [0.15, 0.2) is 16.7 Å². The number of carbonyl (C=O) groups is 2. The number of carboxylic acid groups (broad SMARTS) is 2. The first kappa shape index (κ1) is 27.7. The molecule has 1 aliphatic rings. The van der Waals surface area contributed by atoms with Crippen molar-refractivity contribution < 1.29 is 41.5 Å². The zero-order valence-corrected chi connectivity index (χ0v) is 15.5. The van der Waals surface area contributed by atoms with Gasteiger partial charge in [-0.1, -0.05) is 33.1 Å². The van der Waals surface area contributed by atoms with Crippen molar-refractivity contribution in [3.05, 3.63) is 22.8 Å². The van der Waals surface area contributed by atoms with Gasteiger partial charge in [-0.3, -0.25) is 15.7 Å². The summed E-state index contributed by atoms with van der Waals surface area (Å²) < 4.78 is 0. The molecule has 2 N–H and O–H groups in total. The van der Waals surface area contributed by atoms with Crippen LogP contribution < -0.4 is 0 Å². The number of hydrogen-bond acceptors (Lipinski definition) is 2. The second-order valence-corrected chi connectivity index (χ2v) is 4.66.